The Bertz CT molecular complexity index is 1970. The van der Waals surface area contributed by atoms with Gasteiger partial charge in [0.25, 0.3) is 5.91 Å². The molecular formula is C36H32N6O4. The Kier molecular flexibility index (Phi) is 8.59. The highest BCUT2D eigenvalue weighted by atomic mass is 16.4. The van der Waals surface area contributed by atoms with Crippen molar-refractivity contribution < 1.29 is 19.8 Å². The van der Waals surface area contributed by atoms with Gasteiger partial charge in [0.05, 0.1) is 11.3 Å². The molecule has 1 saturated heterocycles. The number of carbonyl (C=O) groups excluding carboxylic acids is 1. The molecule has 0 atom stereocenters. The number of phenolic OH excluding ortho intramolecular Hbond substituents is 1. The molecule has 1 fully saturated rings. The van der Waals surface area contributed by atoms with Crippen LogP contribution in [-0.2, 0) is 6.54 Å². The summed E-state index contributed by atoms with van der Waals surface area (Å²) in [7, 11) is 3.31. The van der Waals surface area contributed by atoms with Crippen molar-refractivity contribution in [3.63, 3.8) is 0 Å². The molecule has 0 aliphatic carbocycles. The van der Waals surface area contributed by atoms with E-state index < -0.39 is 5.97 Å². The smallest absolute Gasteiger partial charge is 0.356 e. The molecule has 10 nitrogen and oxygen atoms in total. The van der Waals surface area contributed by atoms with Gasteiger partial charge in [-0.25, -0.2) is 4.79 Å². The number of aromatic nitrogens is 3. The molecule has 0 saturated carbocycles. The molecule has 2 aromatic heterocycles. The predicted octanol–water partition coefficient (Wildman–Crippen LogP) is 4.52. The molecule has 10 heteroatoms. The lowest BCUT2D eigenvalue weighted by molar-refractivity contribution is 0.0688. The van der Waals surface area contributed by atoms with E-state index in [2.05, 4.69) is 42.9 Å². The minimum absolute atomic E-state index is 0.0392. The number of aromatic hydroxyl groups is 1. The maximum Gasteiger partial charge on any atom is 0.356 e. The second-order valence-corrected chi connectivity index (χ2v) is 11.2. The van der Waals surface area contributed by atoms with Crippen LogP contribution in [0.5, 0.6) is 5.75 Å². The van der Waals surface area contributed by atoms with Crippen LogP contribution in [0.25, 0.3) is 22.0 Å². The van der Waals surface area contributed by atoms with Gasteiger partial charge in [-0.1, -0.05) is 54.3 Å². The van der Waals surface area contributed by atoms with Crippen LogP contribution in [0.15, 0.2) is 85.1 Å². The summed E-state index contributed by atoms with van der Waals surface area (Å²) in [5.41, 5.74) is 4.43. The third kappa shape index (κ3) is 6.36. The summed E-state index contributed by atoms with van der Waals surface area (Å²) in [5, 5.41) is 29.2. The number of pyridine rings is 1. The summed E-state index contributed by atoms with van der Waals surface area (Å²) < 4.78 is 0. The minimum atomic E-state index is -1.09. The quantitative estimate of drug-likeness (QED) is 0.267. The summed E-state index contributed by atoms with van der Waals surface area (Å²) >= 11 is 0. The van der Waals surface area contributed by atoms with Crippen molar-refractivity contribution in [2.24, 2.45) is 0 Å². The van der Waals surface area contributed by atoms with Crippen molar-refractivity contribution in [1.29, 1.82) is 0 Å². The van der Waals surface area contributed by atoms with Gasteiger partial charge < -0.3 is 20.0 Å². The summed E-state index contributed by atoms with van der Waals surface area (Å²) in [6.45, 7) is 3.91. The largest absolute Gasteiger partial charge is 0.506 e. The van der Waals surface area contributed by atoms with E-state index in [0.717, 1.165) is 60.4 Å². The number of aromatic carboxylic acids is 1. The number of benzene rings is 3. The van der Waals surface area contributed by atoms with Crippen molar-refractivity contribution in [1.82, 2.24) is 25.0 Å². The van der Waals surface area contributed by atoms with Gasteiger partial charge in [-0.15, -0.1) is 10.2 Å². The summed E-state index contributed by atoms with van der Waals surface area (Å²) in [6, 6.07) is 24.2. The number of hydrogen-bond donors (Lipinski definition) is 2. The van der Waals surface area contributed by atoms with Gasteiger partial charge in [-0.3, -0.25) is 14.7 Å². The minimum Gasteiger partial charge on any atom is -0.506 e. The van der Waals surface area contributed by atoms with Gasteiger partial charge in [-0.05, 0) is 47.3 Å². The first-order valence-electron chi connectivity index (χ1n) is 14.9. The van der Waals surface area contributed by atoms with Gasteiger partial charge in [0.1, 0.15) is 5.75 Å². The number of anilines is 1. The zero-order valence-electron chi connectivity index (χ0n) is 25.5. The first-order chi connectivity index (χ1) is 22.3. The predicted molar refractivity (Wildman–Crippen MR) is 176 cm³/mol. The van der Waals surface area contributed by atoms with Gasteiger partial charge in [-0.2, -0.15) is 0 Å². The molecule has 6 rings (SSSR count). The van der Waals surface area contributed by atoms with E-state index in [4.69, 9.17) is 5.11 Å². The number of carbonyl (C=O) groups is 2. The molecule has 0 unspecified atom stereocenters. The molecule has 2 N–H and O–H groups in total. The Labute approximate surface area is 266 Å². The third-order valence-corrected chi connectivity index (χ3v) is 8.01. The Balaban J connectivity index is 1.17. The number of carboxylic acid groups (broad SMARTS) is 1. The number of phenols is 1. The fourth-order valence-electron chi connectivity index (χ4n) is 5.51. The van der Waals surface area contributed by atoms with Gasteiger partial charge >= 0.3 is 5.97 Å². The molecule has 230 valence electrons. The summed E-state index contributed by atoms with van der Waals surface area (Å²) in [6.07, 6.45) is 1.73. The molecular weight excluding hydrogens is 580 g/mol. The van der Waals surface area contributed by atoms with E-state index in [9.17, 15) is 14.7 Å². The molecule has 3 aromatic carbocycles. The van der Waals surface area contributed by atoms with Crippen LogP contribution in [0.4, 0.5) is 5.82 Å². The maximum absolute atomic E-state index is 12.8. The van der Waals surface area contributed by atoms with E-state index in [1.54, 1.807) is 38.5 Å². The maximum atomic E-state index is 12.8. The number of amides is 1. The molecule has 3 heterocycles. The van der Waals surface area contributed by atoms with E-state index in [1.165, 1.54) is 11.0 Å². The molecule has 1 amide bonds. The van der Waals surface area contributed by atoms with Crippen LogP contribution in [-0.4, -0.2) is 87.3 Å². The highest BCUT2D eigenvalue weighted by molar-refractivity contribution is 6.08. The fraction of sp³-hybridized carbons (Fsp3) is 0.194. The van der Waals surface area contributed by atoms with Crippen molar-refractivity contribution in [2.45, 2.75) is 6.54 Å². The number of hydrogen-bond acceptors (Lipinski definition) is 8. The monoisotopic (exact) mass is 612 g/mol. The molecule has 5 aromatic rings. The average Bonchev–Trinajstić information content (AvgIpc) is 3.08. The van der Waals surface area contributed by atoms with Gasteiger partial charge in [0, 0.05) is 75.1 Å². The fourth-order valence-corrected chi connectivity index (χ4v) is 5.51. The van der Waals surface area contributed by atoms with Crippen molar-refractivity contribution in [3.8, 4) is 28.8 Å². The van der Waals surface area contributed by atoms with Crippen LogP contribution >= 0.6 is 0 Å². The topological polar surface area (TPSA) is 123 Å². The van der Waals surface area contributed by atoms with E-state index in [1.807, 2.05) is 48.5 Å². The van der Waals surface area contributed by atoms with Crippen LogP contribution in [0, 0.1) is 11.8 Å². The number of rotatable bonds is 6. The molecule has 1 aliphatic heterocycles. The Morgan fingerprint density at radius 3 is 2.28 bits per heavy atom. The standard InChI is InChI=1S/C36H32N6O4/c1-40(2)35(44)30-21-29(27-9-5-6-10-28(27)34(30)43)31-14-12-24(22-37-31)11-13-25-7-3-4-8-26(25)23-41-17-19-42(20-18-41)33-16-15-32(36(45)46)38-39-33/h3-10,12,14-16,21-22,43H,17-20,23H2,1-2H3,(H,45,46). The summed E-state index contributed by atoms with van der Waals surface area (Å²) in [5.74, 6) is 5.84. The Morgan fingerprint density at radius 1 is 0.870 bits per heavy atom. The molecule has 1 aliphatic rings. The normalized spacial score (nSPS) is 13.2. The van der Waals surface area contributed by atoms with Crippen LogP contribution < -0.4 is 4.90 Å². The van der Waals surface area contributed by atoms with Gasteiger partial charge in [0.2, 0.25) is 0 Å². The lowest BCUT2D eigenvalue weighted by atomic mass is 9.96. The summed E-state index contributed by atoms with van der Waals surface area (Å²) in [4.78, 5) is 34.5. The van der Waals surface area contributed by atoms with Crippen LogP contribution in [0.3, 0.4) is 0 Å². The zero-order valence-corrected chi connectivity index (χ0v) is 25.5. The highest BCUT2D eigenvalue weighted by Crippen LogP contribution is 2.36. The molecule has 46 heavy (non-hydrogen) atoms. The Morgan fingerprint density at radius 2 is 1.61 bits per heavy atom. The van der Waals surface area contributed by atoms with Crippen molar-refractivity contribution >= 4 is 28.5 Å². The molecule has 0 spiro atoms. The van der Waals surface area contributed by atoms with Crippen LogP contribution in [0.1, 0.15) is 37.5 Å². The molecule has 0 bridgehead atoms. The van der Waals surface area contributed by atoms with Crippen molar-refractivity contribution in [2.75, 3.05) is 45.2 Å². The SMILES string of the molecule is CN(C)C(=O)c1cc(-c2ccc(C#Cc3ccccc3CN3CCN(c4ccc(C(=O)O)nn4)CC3)cn2)c2ccccc2c1O. The first-order valence-corrected chi connectivity index (χ1v) is 14.9. The lowest BCUT2D eigenvalue weighted by Crippen LogP contribution is -2.46. The first kappa shape index (κ1) is 30.2. The van der Waals surface area contributed by atoms with Gasteiger partial charge in [0.15, 0.2) is 11.5 Å². The van der Waals surface area contributed by atoms with E-state index in [0.29, 0.717) is 16.9 Å². The second-order valence-electron chi connectivity index (χ2n) is 11.2. The van der Waals surface area contributed by atoms with Crippen LogP contribution in [0.2, 0.25) is 0 Å². The number of carboxylic acids is 1. The highest BCUT2D eigenvalue weighted by Gasteiger charge is 2.21. The second kappa shape index (κ2) is 13.1. The lowest BCUT2D eigenvalue weighted by Gasteiger charge is -2.35. The Hall–Kier alpha value is -5.79. The van der Waals surface area contributed by atoms with E-state index in [-0.39, 0.29) is 22.9 Å². The zero-order chi connectivity index (χ0) is 32.2. The number of piperazine rings is 1. The number of fused-ring (bicyclic) bond motifs is 1. The van der Waals surface area contributed by atoms with E-state index >= 15 is 0 Å². The molecule has 0 radical (unpaired) electrons. The average molecular weight is 613 g/mol. The third-order valence-electron chi connectivity index (χ3n) is 8.01. The van der Waals surface area contributed by atoms with Crippen molar-refractivity contribution in [3.05, 3.63) is 113 Å². The number of nitrogens with zero attached hydrogens (tertiary/aromatic N) is 6.